The molecular formula is C27H21F5N4O2S. The molecule has 3 aromatic rings. The maximum Gasteiger partial charge on any atom is 0.416 e. The fourth-order valence-corrected chi connectivity index (χ4v) is 5.96. The lowest BCUT2D eigenvalue weighted by Gasteiger charge is -2.37. The normalized spacial score (nSPS) is 19.5. The summed E-state index contributed by atoms with van der Waals surface area (Å²) in [6.45, 7) is -0.404. The molecule has 12 heteroatoms. The summed E-state index contributed by atoms with van der Waals surface area (Å²) in [7, 11) is -4.30. The first kappa shape index (κ1) is 26.6. The van der Waals surface area contributed by atoms with E-state index in [9.17, 15) is 30.4 Å². The Balaban J connectivity index is 1.62. The van der Waals surface area contributed by atoms with Crippen LogP contribution in [0.4, 0.5) is 22.0 Å². The zero-order chi connectivity index (χ0) is 27.9. The van der Waals surface area contributed by atoms with Gasteiger partial charge in [-0.25, -0.2) is 22.2 Å². The quantitative estimate of drug-likeness (QED) is 0.441. The van der Waals surface area contributed by atoms with E-state index in [2.05, 4.69) is 10.3 Å². The van der Waals surface area contributed by atoms with Crippen LogP contribution in [0.5, 0.6) is 0 Å². The molecule has 3 N–H and O–H groups in total. The summed E-state index contributed by atoms with van der Waals surface area (Å²) in [6.07, 6.45) is -3.04. The second-order valence-electron chi connectivity index (χ2n) is 9.02. The molecule has 0 aliphatic carbocycles. The summed E-state index contributed by atoms with van der Waals surface area (Å²) in [4.78, 5) is 4.05. The minimum absolute atomic E-state index is 0.0206. The molecule has 0 saturated heterocycles. The molecule has 2 aliphatic heterocycles. The van der Waals surface area contributed by atoms with Crippen molar-refractivity contribution in [2.24, 2.45) is 10.7 Å². The molecule has 1 atom stereocenters. The van der Waals surface area contributed by atoms with Gasteiger partial charge in [0.1, 0.15) is 17.7 Å². The smallest absolute Gasteiger partial charge is 0.370 e. The van der Waals surface area contributed by atoms with Crippen molar-refractivity contribution in [1.82, 2.24) is 9.62 Å². The topological polar surface area (TPSA) is 87.8 Å². The van der Waals surface area contributed by atoms with E-state index >= 15 is 0 Å². The maximum atomic E-state index is 14.1. The van der Waals surface area contributed by atoms with Crippen molar-refractivity contribution in [1.29, 1.82) is 0 Å². The van der Waals surface area contributed by atoms with Gasteiger partial charge >= 0.3 is 6.18 Å². The Morgan fingerprint density at radius 2 is 1.62 bits per heavy atom. The van der Waals surface area contributed by atoms with E-state index < -0.39 is 39.4 Å². The number of sulfonamides is 1. The molecular weight excluding hydrogens is 539 g/mol. The van der Waals surface area contributed by atoms with Gasteiger partial charge in [-0.1, -0.05) is 24.3 Å². The van der Waals surface area contributed by atoms with E-state index in [-0.39, 0.29) is 23.9 Å². The van der Waals surface area contributed by atoms with Crippen LogP contribution in [0.3, 0.4) is 0 Å². The molecule has 39 heavy (non-hydrogen) atoms. The van der Waals surface area contributed by atoms with E-state index in [0.29, 0.717) is 40.1 Å². The van der Waals surface area contributed by atoms with Gasteiger partial charge < -0.3 is 11.1 Å². The molecule has 0 bridgehead atoms. The molecule has 6 nitrogen and oxygen atoms in total. The zero-order valence-electron chi connectivity index (χ0n) is 20.1. The Labute approximate surface area is 221 Å². The van der Waals surface area contributed by atoms with Crippen LogP contribution in [0.1, 0.15) is 22.7 Å². The average molecular weight is 561 g/mol. The van der Waals surface area contributed by atoms with Gasteiger partial charge in [-0.15, -0.1) is 0 Å². The molecule has 0 aromatic heterocycles. The van der Waals surface area contributed by atoms with Crippen LogP contribution >= 0.6 is 0 Å². The molecule has 202 valence electrons. The third kappa shape index (κ3) is 5.43. The monoisotopic (exact) mass is 560 g/mol. The second kappa shape index (κ2) is 9.93. The molecule has 0 fully saturated rings. The summed E-state index contributed by atoms with van der Waals surface area (Å²) >= 11 is 0. The van der Waals surface area contributed by atoms with Gasteiger partial charge in [0.15, 0.2) is 5.96 Å². The number of hydrogen-bond acceptors (Lipinski definition) is 5. The molecule has 2 heterocycles. The number of alkyl halides is 3. The molecule has 5 rings (SSSR count). The van der Waals surface area contributed by atoms with Crippen molar-refractivity contribution in [2.75, 3.05) is 13.1 Å². The largest absolute Gasteiger partial charge is 0.416 e. The Hall–Kier alpha value is -4.03. The molecule has 1 unspecified atom stereocenters. The highest BCUT2D eigenvalue weighted by molar-refractivity contribution is 7.89. The van der Waals surface area contributed by atoms with Gasteiger partial charge in [-0.3, -0.25) is 0 Å². The van der Waals surface area contributed by atoms with Crippen LogP contribution in [0, 0.1) is 11.6 Å². The lowest BCUT2D eigenvalue weighted by Crippen LogP contribution is -2.46. The number of hydrogen-bond donors (Lipinski definition) is 2. The van der Waals surface area contributed by atoms with E-state index in [1.165, 1.54) is 36.4 Å². The average Bonchev–Trinajstić information content (AvgIpc) is 2.88. The van der Waals surface area contributed by atoms with Crippen LogP contribution in [0.2, 0.25) is 0 Å². The highest BCUT2D eigenvalue weighted by Crippen LogP contribution is 2.39. The van der Waals surface area contributed by atoms with E-state index in [1.807, 2.05) is 0 Å². The lowest BCUT2D eigenvalue weighted by atomic mass is 9.90. The molecule has 0 amide bonds. The van der Waals surface area contributed by atoms with Gasteiger partial charge in [0.05, 0.1) is 10.5 Å². The van der Waals surface area contributed by atoms with Crippen LogP contribution in [-0.4, -0.2) is 31.8 Å². The standard InChI is InChI=1S/C27H21F5N4O2S/c28-20-5-1-3-16(12-20)11-18-14-36(39(37,38)22-9-7-19(8-10-22)27(30,31)32)15-23-24(34-26(33)35-25(18)23)17-4-2-6-21(29)13-17/h1-13,24H,14-15H2,(H3,33,34,35)/b18-11+. The Morgan fingerprint density at radius 1 is 0.949 bits per heavy atom. The molecule has 3 aromatic carbocycles. The minimum atomic E-state index is -4.63. The van der Waals surface area contributed by atoms with Crippen molar-refractivity contribution >= 4 is 22.1 Å². The van der Waals surface area contributed by atoms with Crippen molar-refractivity contribution < 1.29 is 30.4 Å². The zero-order valence-corrected chi connectivity index (χ0v) is 20.9. The van der Waals surface area contributed by atoms with Crippen molar-refractivity contribution in [3.63, 3.8) is 0 Å². The highest BCUT2D eigenvalue weighted by Gasteiger charge is 2.38. The Morgan fingerprint density at radius 3 is 2.26 bits per heavy atom. The van der Waals surface area contributed by atoms with E-state index in [1.54, 1.807) is 18.2 Å². The first-order valence-corrected chi connectivity index (χ1v) is 13.1. The van der Waals surface area contributed by atoms with Crippen LogP contribution in [0.25, 0.3) is 6.08 Å². The summed E-state index contributed by atoms with van der Waals surface area (Å²) in [5, 5.41) is 2.96. The first-order valence-electron chi connectivity index (χ1n) is 11.6. The number of aliphatic imine (C=N–C) groups is 1. The number of nitrogens with two attached hydrogens (primary N) is 1. The van der Waals surface area contributed by atoms with Crippen LogP contribution in [-0.2, 0) is 16.2 Å². The Kier molecular flexibility index (Phi) is 6.77. The van der Waals surface area contributed by atoms with E-state index in [0.717, 1.165) is 16.4 Å². The van der Waals surface area contributed by atoms with Crippen molar-refractivity contribution in [3.05, 3.63) is 118 Å². The lowest BCUT2D eigenvalue weighted by molar-refractivity contribution is -0.137. The van der Waals surface area contributed by atoms with Crippen molar-refractivity contribution in [2.45, 2.75) is 17.1 Å². The fraction of sp³-hybridized carbons (Fsp3) is 0.148. The highest BCUT2D eigenvalue weighted by atomic mass is 32.2. The fourth-order valence-electron chi connectivity index (χ4n) is 4.56. The van der Waals surface area contributed by atoms with Crippen LogP contribution in [0.15, 0.2) is 99.5 Å². The summed E-state index contributed by atoms with van der Waals surface area (Å²) in [6, 6.07) is 13.6. The number of nitrogens with one attached hydrogen (secondary N) is 1. The molecule has 0 saturated carbocycles. The third-order valence-electron chi connectivity index (χ3n) is 6.36. The number of rotatable bonds is 4. The number of halogens is 5. The van der Waals surface area contributed by atoms with Gasteiger partial charge in [-0.2, -0.15) is 17.5 Å². The second-order valence-corrected chi connectivity index (χ2v) is 11.0. The molecule has 0 spiro atoms. The van der Waals surface area contributed by atoms with Gasteiger partial charge in [0, 0.05) is 18.8 Å². The maximum absolute atomic E-state index is 14.1. The predicted molar refractivity (Wildman–Crippen MR) is 136 cm³/mol. The number of nitrogens with zero attached hydrogens (tertiary/aromatic N) is 2. The van der Waals surface area contributed by atoms with Crippen molar-refractivity contribution in [3.8, 4) is 0 Å². The third-order valence-corrected chi connectivity index (χ3v) is 8.17. The number of benzene rings is 3. The van der Waals surface area contributed by atoms with Gasteiger partial charge in [-0.05, 0) is 76.9 Å². The van der Waals surface area contributed by atoms with Gasteiger partial charge in [0.2, 0.25) is 10.0 Å². The summed E-state index contributed by atoms with van der Waals surface area (Å²) in [5.74, 6) is -1.01. The SMILES string of the molecule is NC1=NC(c2cccc(F)c2)C2=C(N1)/C(=C/c1cccc(F)c1)CN(S(=O)(=O)c1ccc(C(F)(F)F)cc1)C2. The minimum Gasteiger partial charge on any atom is -0.370 e. The van der Waals surface area contributed by atoms with E-state index in [4.69, 9.17) is 5.73 Å². The summed E-state index contributed by atoms with van der Waals surface area (Å²) < 4.78 is 95.5. The Bertz CT molecular complexity index is 1630. The van der Waals surface area contributed by atoms with Gasteiger partial charge in [0.25, 0.3) is 0 Å². The summed E-state index contributed by atoms with van der Waals surface area (Å²) in [5.41, 5.74) is 7.24. The first-order chi connectivity index (χ1) is 18.4. The molecule has 2 aliphatic rings. The number of guanidine groups is 1. The predicted octanol–water partition coefficient (Wildman–Crippen LogP) is 4.98. The molecule has 0 radical (unpaired) electrons. The van der Waals surface area contributed by atoms with Crippen LogP contribution < -0.4 is 11.1 Å².